The third kappa shape index (κ3) is 2.81. The summed E-state index contributed by atoms with van der Waals surface area (Å²) in [5, 5.41) is 4.43. The molecule has 0 aliphatic carbocycles. The standard InChI is InChI=1S/C16H17N3S/c1-12(17)15-7-8-16(20-15)14-9-18-19(11-14)10-13-5-3-2-4-6-13/h2-9,11-12H,10,17H2,1H3. The van der Waals surface area contributed by atoms with Crippen molar-refractivity contribution in [2.45, 2.75) is 19.5 Å². The molecule has 0 radical (unpaired) electrons. The van der Waals surface area contributed by atoms with Crippen molar-refractivity contribution in [2.24, 2.45) is 5.73 Å². The second kappa shape index (κ2) is 5.61. The summed E-state index contributed by atoms with van der Waals surface area (Å²) in [7, 11) is 0. The topological polar surface area (TPSA) is 43.8 Å². The lowest BCUT2D eigenvalue weighted by Gasteiger charge is -2.00. The number of hydrogen-bond donors (Lipinski definition) is 1. The highest BCUT2D eigenvalue weighted by atomic mass is 32.1. The van der Waals surface area contributed by atoms with Crippen LogP contribution in [-0.4, -0.2) is 9.78 Å². The summed E-state index contributed by atoms with van der Waals surface area (Å²) in [6.07, 6.45) is 4.00. The zero-order chi connectivity index (χ0) is 13.9. The molecule has 0 saturated heterocycles. The number of benzene rings is 1. The van der Waals surface area contributed by atoms with Gasteiger partial charge in [0, 0.05) is 27.6 Å². The quantitative estimate of drug-likeness (QED) is 0.793. The Morgan fingerprint density at radius 3 is 2.70 bits per heavy atom. The van der Waals surface area contributed by atoms with Crippen molar-refractivity contribution in [3.8, 4) is 10.4 Å². The molecule has 2 N–H and O–H groups in total. The van der Waals surface area contributed by atoms with Gasteiger partial charge in [0.2, 0.25) is 0 Å². The minimum Gasteiger partial charge on any atom is -0.324 e. The molecule has 0 aliphatic heterocycles. The van der Waals surface area contributed by atoms with Gasteiger partial charge in [0.1, 0.15) is 0 Å². The third-order valence-electron chi connectivity index (χ3n) is 3.18. The Bertz CT molecular complexity index is 683. The summed E-state index contributed by atoms with van der Waals surface area (Å²) in [6, 6.07) is 14.7. The molecule has 4 heteroatoms. The zero-order valence-electron chi connectivity index (χ0n) is 11.4. The first-order valence-electron chi connectivity index (χ1n) is 6.64. The predicted octanol–water partition coefficient (Wildman–Crippen LogP) is 3.68. The molecule has 2 heterocycles. The minimum atomic E-state index is 0.0908. The summed E-state index contributed by atoms with van der Waals surface area (Å²) >= 11 is 1.74. The van der Waals surface area contributed by atoms with Crippen LogP contribution in [0, 0.1) is 0 Å². The van der Waals surface area contributed by atoms with Gasteiger partial charge in [-0.3, -0.25) is 4.68 Å². The Morgan fingerprint density at radius 1 is 1.20 bits per heavy atom. The molecule has 20 heavy (non-hydrogen) atoms. The number of rotatable bonds is 4. The predicted molar refractivity (Wildman–Crippen MR) is 83.7 cm³/mol. The number of thiophene rings is 1. The van der Waals surface area contributed by atoms with Crippen molar-refractivity contribution in [1.29, 1.82) is 0 Å². The first-order valence-corrected chi connectivity index (χ1v) is 7.46. The Labute approximate surface area is 122 Å². The van der Waals surface area contributed by atoms with E-state index in [2.05, 4.69) is 35.6 Å². The van der Waals surface area contributed by atoms with Gasteiger partial charge in [-0.2, -0.15) is 5.10 Å². The normalized spacial score (nSPS) is 12.5. The van der Waals surface area contributed by atoms with E-state index in [1.807, 2.05) is 36.0 Å². The van der Waals surface area contributed by atoms with Crippen LogP contribution in [0.2, 0.25) is 0 Å². The first kappa shape index (κ1) is 13.1. The van der Waals surface area contributed by atoms with Crippen LogP contribution in [0.4, 0.5) is 0 Å². The monoisotopic (exact) mass is 283 g/mol. The van der Waals surface area contributed by atoms with E-state index in [1.165, 1.54) is 15.3 Å². The molecule has 1 unspecified atom stereocenters. The summed E-state index contributed by atoms with van der Waals surface area (Å²) in [4.78, 5) is 2.42. The van der Waals surface area contributed by atoms with Crippen molar-refractivity contribution in [2.75, 3.05) is 0 Å². The second-order valence-electron chi connectivity index (χ2n) is 4.90. The van der Waals surface area contributed by atoms with Crippen LogP contribution in [0.3, 0.4) is 0 Å². The number of nitrogens with zero attached hydrogens (tertiary/aromatic N) is 2. The van der Waals surface area contributed by atoms with E-state index in [0.717, 1.165) is 12.1 Å². The number of hydrogen-bond acceptors (Lipinski definition) is 3. The van der Waals surface area contributed by atoms with Crippen LogP contribution in [0.15, 0.2) is 54.9 Å². The molecule has 102 valence electrons. The van der Waals surface area contributed by atoms with Crippen LogP contribution in [-0.2, 0) is 6.54 Å². The van der Waals surface area contributed by atoms with Crippen LogP contribution < -0.4 is 5.73 Å². The van der Waals surface area contributed by atoms with Crippen LogP contribution in [0.1, 0.15) is 23.4 Å². The molecule has 0 spiro atoms. The van der Waals surface area contributed by atoms with Crippen molar-refractivity contribution in [1.82, 2.24) is 9.78 Å². The average molecular weight is 283 g/mol. The molecule has 1 aromatic carbocycles. The first-order chi connectivity index (χ1) is 9.72. The lowest BCUT2D eigenvalue weighted by molar-refractivity contribution is 0.687. The van der Waals surface area contributed by atoms with Crippen molar-refractivity contribution >= 4 is 11.3 Å². The molecule has 3 rings (SSSR count). The maximum Gasteiger partial charge on any atom is 0.0659 e. The fraction of sp³-hybridized carbons (Fsp3) is 0.188. The summed E-state index contributed by atoms with van der Waals surface area (Å²) in [6.45, 7) is 2.81. The van der Waals surface area contributed by atoms with Crippen LogP contribution >= 0.6 is 11.3 Å². The van der Waals surface area contributed by atoms with Crippen molar-refractivity contribution in [3.63, 3.8) is 0 Å². The Balaban J connectivity index is 1.79. The third-order valence-corrected chi connectivity index (χ3v) is 4.52. The molecule has 0 fully saturated rings. The molecule has 3 aromatic rings. The summed E-state index contributed by atoms with van der Waals surface area (Å²) in [5.41, 5.74) is 8.31. The lowest BCUT2D eigenvalue weighted by atomic mass is 10.2. The van der Waals surface area contributed by atoms with Crippen molar-refractivity contribution < 1.29 is 0 Å². The molecule has 0 saturated carbocycles. The highest BCUT2D eigenvalue weighted by Crippen LogP contribution is 2.30. The zero-order valence-corrected chi connectivity index (χ0v) is 12.2. The molecule has 2 aromatic heterocycles. The van der Waals surface area contributed by atoms with Gasteiger partial charge in [-0.05, 0) is 24.6 Å². The Kier molecular flexibility index (Phi) is 3.67. The van der Waals surface area contributed by atoms with E-state index in [4.69, 9.17) is 5.73 Å². The Hall–Kier alpha value is -1.91. The SMILES string of the molecule is CC(N)c1ccc(-c2cnn(Cc3ccccc3)c2)s1. The van der Waals surface area contributed by atoms with E-state index >= 15 is 0 Å². The van der Waals surface area contributed by atoms with Gasteiger partial charge in [-0.15, -0.1) is 11.3 Å². The van der Waals surface area contributed by atoms with Gasteiger partial charge in [0.15, 0.2) is 0 Å². The maximum atomic E-state index is 5.90. The summed E-state index contributed by atoms with van der Waals surface area (Å²) < 4.78 is 1.97. The van der Waals surface area contributed by atoms with Gasteiger partial charge in [-0.25, -0.2) is 0 Å². The number of aromatic nitrogens is 2. The molecule has 0 aliphatic rings. The highest BCUT2D eigenvalue weighted by Gasteiger charge is 2.08. The fourth-order valence-electron chi connectivity index (χ4n) is 2.10. The van der Waals surface area contributed by atoms with Gasteiger partial charge >= 0.3 is 0 Å². The molecule has 1 atom stereocenters. The van der Waals surface area contributed by atoms with Crippen molar-refractivity contribution in [3.05, 3.63) is 65.3 Å². The van der Waals surface area contributed by atoms with Gasteiger partial charge in [-0.1, -0.05) is 30.3 Å². The highest BCUT2D eigenvalue weighted by molar-refractivity contribution is 7.15. The maximum absolute atomic E-state index is 5.90. The second-order valence-corrected chi connectivity index (χ2v) is 6.02. The fourth-order valence-corrected chi connectivity index (χ4v) is 3.04. The van der Waals surface area contributed by atoms with E-state index in [0.29, 0.717) is 0 Å². The van der Waals surface area contributed by atoms with Crippen LogP contribution in [0.5, 0.6) is 0 Å². The molecule has 3 nitrogen and oxygen atoms in total. The van der Waals surface area contributed by atoms with E-state index < -0.39 is 0 Å². The van der Waals surface area contributed by atoms with Gasteiger partial charge in [0.05, 0.1) is 12.7 Å². The van der Waals surface area contributed by atoms with Gasteiger partial charge in [0.25, 0.3) is 0 Å². The largest absolute Gasteiger partial charge is 0.324 e. The number of nitrogens with two attached hydrogens (primary N) is 1. The van der Waals surface area contributed by atoms with E-state index in [-0.39, 0.29) is 6.04 Å². The van der Waals surface area contributed by atoms with E-state index in [1.54, 1.807) is 11.3 Å². The molecule has 0 bridgehead atoms. The molecule has 0 amide bonds. The minimum absolute atomic E-state index is 0.0908. The van der Waals surface area contributed by atoms with Crippen LogP contribution in [0.25, 0.3) is 10.4 Å². The molecular weight excluding hydrogens is 266 g/mol. The average Bonchev–Trinajstić information content (AvgIpc) is 3.08. The Morgan fingerprint density at radius 2 is 2.00 bits per heavy atom. The smallest absolute Gasteiger partial charge is 0.0659 e. The van der Waals surface area contributed by atoms with E-state index in [9.17, 15) is 0 Å². The van der Waals surface area contributed by atoms with Gasteiger partial charge < -0.3 is 5.73 Å². The molecular formula is C16H17N3S. The lowest BCUT2D eigenvalue weighted by Crippen LogP contribution is -2.01. The summed E-state index contributed by atoms with van der Waals surface area (Å²) in [5.74, 6) is 0.